The summed E-state index contributed by atoms with van der Waals surface area (Å²) in [4.78, 5) is 14.1. The van der Waals surface area contributed by atoms with E-state index in [1.165, 1.54) is 12.1 Å². The van der Waals surface area contributed by atoms with Gasteiger partial charge < -0.3 is 4.90 Å². The number of hydrogen-bond donors (Lipinski definition) is 0. The molecule has 0 N–H and O–H groups in total. The van der Waals surface area contributed by atoms with E-state index in [4.69, 9.17) is 0 Å². The molecule has 1 aromatic rings. The Labute approximate surface area is 109 Å². The number of benzene rings is 1. The molecule has 2 rings (SSSR count). The first-order chi connectivity index (χ1) is 8.11. The fourth-order valence-electron chi connectivity index (χ4n) is 2.18. The molecule has 0 aliphatic carbocycles. The lowest BCUT2D eigenvalue weighted by molar-refractivity contribution is 0.0786. The molecule has 1 unspecified atom stereocenters. The summed E-state index contributed by atoms with van der Waals surface area (Å²) in [5.41, 5.74) is 0.545. The van der Waals surface area contributed by atoms with Gasteiger partial charge in [-0.25, -0.2) is 4.39 Å². The lowest BCUT2D eigenvalue weighted by Crippen LogP contribution is -2.28. The highest BCUT2D eigenvalue weighted by atomic mass is 79.9. The van der Waals surface area contributed by atoms with E-state index in [0.29, 0.717) is 16.0 Å². The molecule has 1 fully saturated rings. The number of likely N-dealkylation sites (tertiary alicyclic amines) is 1. The Morgan fingerprint density at radius 1 is 1.59 bits per heavy atom. The molecule has 4 heteroatoms. The van der Waals surface area contributed by atoms with Crippen LogP contribution in [0, 0.1) is 11.7 Å². The maximum atomic E-state index is 12.9. The standard InChI is InChI=1S/C13H15BrFNO/c1-2-9-5-6-16(8-9)13(17)11-4-3-10(15)7-12(11)14/h3-4,7,9H,2,5-6,8H2,1H3. The van der Waals surface area contributed by atoms with Gasteiger partial charge in [0.1, 0.15) is 5.82 Å². The Kier molecular flexibility index (Phi) is 3.82. The molecule has 1 heterocycles. The van der Waals surface area contributed by atoms with E-state index in [1.54, 1.807) is 6.07 Å². The van der Waals surface area contributed by atoms with Crippen molar-refractivity contribution in [3.05, 3.63) is 34.1 Å². The van der Waals surface area contributed by atoms with Crippen LogP contribution in [0.5, 0.6) is 0 Å². The summed E-state index contributed by atoms with van der Waals surface area (Å²) >= 11 is 3.24. The van der Waals surface area contributed by atoms with Gasteiger partial charge in [-0.2, -0.15) is 0 Å². The summed E-state index contributed by atoms with van der Waals surface area (Å²) in [6, 6.07) is 4.20. The van der Waals surface area contributed by atoms with Crippen LogP contribution in [0.1, 0.15) is 30.1 Å². The van der Waals surface area contributed by atoms with Gasteiger partial charge in [-0.3, -0.25) is 4.79 Å². The van der Waals surface area contributed by atoms with Crippen LogP contribution in [0.3, 0.4) is 0 Å². The van der Waals surface area contributed by atoms with Crippen LogP contribution in [-0.4, -0.2) is 23.9 Å². The number of rotatable bonds is 2. The minimum absolute atomic E-state index is 0.00664. The zero-order valence-corrected chi connectivity index (χ0v) is 11.3. The fraction of sp³-hybridized carbons (Fsp3) is 0.462. The Balaban J connectivity index is 2.15. The van der Waals surface area contributed by atoms with E-state index in [1.807, 2.05) is 4.90 Å². The molecular weight excluding hydrogens is 285 g/mol. The number of hydrogen-bond acceptors (Lipinski definition) is 1. The first kappa shape index (κ1) is 12.6. The van der Waals surface area contributed by atoms with Crippen molar-refractivity contribution in [1.29, 1.82) is 0 Å². The summed E-state index contributed by atoms with van der Waals surface area (Å²) in [7, 11) is 0. The second kappa shape index (κ2) is 5.17. The van der Waals surface area contributed by atoms with Crippen LogP contribution < -0.4 is 0 Å². The number of nitrogens with zero attached hydrogens (tertiary/aromatic N) is 1. The van der Waals surface area contributed by atoms with Gasteiger partial charge in [-0.1, -0.05) is 13.3 Å². The van der Waals surface area contributed by atoms with E-state index < -0.39 is 0 Å². The topological polar surface area (TPSA) is 20.3 Å². The van der Waals surface area contributed by atoms with Crippen molar-refractivity contribution in [2.24, 2.45) is 5.92 Å². The number of halogens is 2. The Morgan fingerprint density at radius 3 is 2.94 bits per heavy atom. The van der Waals surface area contributed by atoms with Crippen molar-refractivity contribution >= 4 is 21.8 Å². The smallest absolute Gasteiger partial charge is 0.255 e. The van der Waals surface area contributed by atoms with Crippen molar-refractivity contribution in [2.45, 2.75) is 19.8 Å². The second-order valence-electron chi connectivity index (χ2n) is 4.44. The lowest BCUT2D eigenvalue weighted by Gasteiger charge is -2.17. The van der Waals surface area contributed by atoms with Crippen LogP contribution in [0.25, 0.3) is 0 Å². The van der Waals surface area contributed by atoms with Gasteiger partial charge in [0.25, 0.3) is 5.91 Å². The first-order valence-electron chi connectivity index (χ1n) is 5.86. The molecule has 0 aromatic heterocycles. The van der Waals surface area contributed by atoms with Crippen LogP contribution >= 0.6 is 15.9 Å². The molecule has 1 aromatic carbocycles. The highest BCUT2D eigenvalue weighted by molar-refractivity contribution is 9.10. The van der Waals surface area contributed by atoms with Crippen molar-refractivity contribution in [3.63, 3.8) is 0 Å². The van der Waals surface area contributed by atoms with Crippen LogP contribution in [0.2, 0.25) is 0 Å². The van der Waals surface area contributed by atoms with E-state index in [9.17, 15) is 9.18 Å². The monoisotopic (exact) mass is 299 g/mol. The van der Waals surface area contributed by atoms with Crippen molar-refractivity contribution in [1.82, 2.24) is 4.90 Å². The summed E-state index contributed by atoms with van der Waals surface area (Å²) in [6.45, 7) is 3.77. The van der Waals surface area contributed by atoms with Gasteiger partial charge in [-0.05, 0) is 46.5 Å². The molecule has 92 valence electrons. The summed E-state index contributed by atoms with van der Waals surface area (Å²) < 4.78 is 13.5. The first-order valence-corrected chi connectivity index (χ1v) is 6.65. The van der Waals surface area contributed by atoms with Gasteiger partial charge in [-0.15, -0.1) is 0 Å². The van der Waals surface area contributed by atoms with E-state index in [0.717, 1.165) is 25.9 Å². The third-order valence-electron chi connectivity index (χ3n) is 3.31. The average molecular weight is 300 g/mol. The molecule has 2 nitrogen and oxygen atoms in total. The van der Waals surface area contributed by atoms with E-state index in [2.05, 4.69) is 22.9 Å². The molecule has 1 aliphatic heterocycles. The van der Waals surface area contributed by atoms with Crippen molar-refractivity contribution in [2.75, 3.05) is 13.1 Å². The maximum Gasteiger partial charge on any atom is 0.255 e. The van der Waals surface area contributed by atoms with Crippen LogP contribution in [0.15, 0.2) is 22.7 Å². The van der Waals surface area contributed by atoms with Crippen LogP contribution in [0.4, 0.5) is 4.39 Å². The zero-order valence-electron chi connectivity index (χ0n) is 9.75. The van der Waals surface area contributed by atoms with Gasteiger partial charge in [0.05, 0.1) is 5.56 Å². The van der Waals surface area contributed by atoms with Gasteiger partial charge >= 0.3 is 0 Å². The minimum atomic E-state index is -0.332. The highest BCUT2D eigenvalue weighted by Crippen LogP contribution is 2.24. The third-order valence-corrected chi connectivity index (χ3v) is 3.97. The lowest BCUT2D eigenvalue weighted by atomic mass is 10.1. The summed E-state index contributed by atoms with van der Waals surface area (Å²) in [6.07, 6.45) is 2.18. The van der Waals surface area contributed by atoms with E-state index in [-0.39, 0.29) is 11.7 Å². The molecule has 0 spiro atoms. The molecule has 1 atom stereocenters. The largest absolute Gasteiger partial charge is 0.338 e. The van der Waals surface area contributed by atoms with Crippen molar-refractivity contribution < 1.29 is 9.18 Å². The van der Waals surface area contributed by atoms with Crippen LogP contribution in [-0.2, 0) is 0 Å². The zero-order chi connectivity index (χ0) is 12.4. The third kappa shape index (κ3) is 2.68. The Hall–Kier alpha value is -0.900. The molecule has 0 radical (unpaired) electrons. The molecule has 17 heavy (non-hydrogen) atoms. The molecule has 1 saturated heterocycles. The quantitative estimate of drug-likeness (QED) is 0.819. The number of amides is 1. The Morgan fingerprint density at radius 2 is 2.35 bits per heavy atom. The average Bonchev–Trinajstić information content (AvgIpc) is 2.76. The molecular formula is C13H15BrFNO. The summed E-state index contributed by atoms with van der Waals surface area (Å²) in [5, 5.41) is 0. The predicted molar refractivity (Wildman–Crippen MR) is 68.4 cm³/mol. The Bertz CT molecular complexity index is 435. The molecule has 1 aliphatic rings. The van der Waals surface area contributed by atoms with Gasteiger partial charge in [0, 0.05) is 17.6 Å². The second-order valence-corrected chi connectivity index (χ2v) is 5.29. The van der Waals surface area contributed by atoms with Gasteiger partial charge in [0.2, 0.25) is 0 Å². The van der Waals surface area contributed by atoms with E-state index >= 15 is 0 Å². The summed E-state index contributed by atoms with van der Waals surface area (Å²) in [5.74, 6) is 0.271. The SMILES string of the molecule is CCC1CCN(C(=O)c2ccc(F)cc2Br)C1. The normalized spacial score (nSPS) is 19.7. The number of carbonyl (C=O) groups is 1. The van der Waals surface area contributed by atoms with Gasteiger partial charge in [0.15, 0.2) is 0 Å². The minimum Gasteiger partial charge on any atom is -0.338 e. The number of carbonyl (C=O) groups excluding carboxylic acids is 1. The molecule has 1 amide bonds. The maximum absolute atomic E-state index is 12.9. The molecule has 0 saturated carbocycles. The highest BCUT2D eigenvalue weighted by Gasteiger charge is 2.26. The predicted octanol–water partition coefficient (Wildman–Crippen LogP) is 3.46. The van der Waals surface area contributed by atoms with Crippen molar-refractivity contribution in [3.8, 4) is 0 Å². The molecule has 0 bridgehead atoms. The fourth-order valence-corrected chi connectivity index (χ4v) is 2.70.